The minimum absolute atomic E-state index is 0.0678. The lowest BCUT2D eigenvalue weighted by molar-refractivity contribution is -0.122. The van der Waals surface area contributed by atoms with E-state index >= 15 is 0 Å². The second-order valence-electron chi connectivity index (χ2n) is 14.0. The molecule has 3 aliphatic rings. The molecule has 0 aromatic heterocycles. The van der Waals surface area contributed by atoms with Gasteiger partial charge in [0.25, 0.3) is 11.8 Å². The topological polar surface area (TPSA) is 79.0 Å². The van der Waals surface area contributed by atoms with Gasteiger partial charge in [-0.25, -0.2) is 9.69 Å². The van der Waals surface area contributed by atoms with E-state index in [0.717, 1.165) is 58.3 Å². The summed E-state index contributed by atoms with van der Waals surface area (Å²) in [5.74, 6) is -0.919. The van der Waals surface area contributed by atoms with Gasteiger partial charge in [-0.15, -0.1) is 0 Å². The van der Waals surface area contributed by atoms with Gasteiger partial charge in [-0.1, -0.05) is 115 Å². The molecule has 0 spiro atoms. The zero-order valence-electron chi connectivity index (χ0n) is 29.4. The summed E-state index contributed by atoms with van der Waals surface area (Å²) < 4.78 is 6.32. The summed E-state index contributed by atoms with van der Waals surface area (Å²) in [6.45, 7) is 2.08. The van der Waals surface area contributed by atoms with Crippen LogP contribution in [0.1, 0.15) is 58.1 Å². The lowest BCUT2D eigenvalue weighted by Gasteiger charge is -2.44. The van der Waals surface area contributed by atoms with Crippen molar-refractivity contribution in [3.8, 4) is 5.75 Å². The van der Waals surface area contributed by atoms with Crippen LogP contribution in [0, 0.1) is 0 Å². The Balaban J connectivity index is 1.12. The van der Waals surface area contributed by atoms with E-state index in [1.54, 1.807) is 18.2 Å². The van der Waals surface area contributed by atoms with Gasteiger partial charge in [0.15, 0.2) is 0 Å². The first kappa shape index (κ1) is 33.6. The van der Waals surface area contributed by atoms with E-state index in [0.29, 0.717) is 22.0 Å². The highest BCUT2D eigenvalue weighted by molar-refractivity contribution is 6.39. The molecule has 6 aromatic carbocycles. The molecule has 2 atom stereocenters. The number of benzene rings is 6. The quantitative estimate of drug-likeness (QED) is 0.131. The third-order valence-electron chi connectivity index (χ3n) is 10.9. The number of rotatable bonds is 7. The molecule has 4 amide bonds. The number of ether oxygens (including phenoxy) is 1. The molecule has 0 saturated carbocycles. The van der Waals surface area contributed by atoms with Crippen molar-refractivity contribution >= 4 is 57.7 Å². The van der Waals surface area contributed by atoms with Crippen LogP contribution in [0.3, 0.4) is 0 Å². The fourth-order valence-corrected chi connectivity index (χ4v) is 8.53. The maximum atomic E-state index is 14.5. The second kappa shape index (κ2) is 14.0. The Bertz CT molecular complexity index is 2400. The highest BCUT2D eigenvalue weighted by Crippen LogP contribution is 2.50. The van der Waals surface area contributed by atoms with Gasteiger partial charge < -0.3 is 9.64 Å². The number of nitrogens with one attached hydrogen (secondary N) is 1. The first-order valence-corrected chi connectivity index (χ1v) is 18.6. The molecule has 1 N–H and O–H groups in total. The molecule has 8 heteroatoms. The number of amides is 4. The smallest absolute Gasteiger partial charge is 0.335 e. The van der Waals surface area contributed by atoms with E-state index < -0.39 is 17.8 Å². The molecule has 3 heterocycles. The molecule has 0 aliphatic carbocycles. The molecule has 7 nitrogen and oxygen atoms in total. The van der Waals surface area contributed by atoms with Crippen LogP contribution in [0.15, 0.2) is 139 Å². The maximum Gasteiger partial charge on any atom is 0.335 e. The van der Waals surface area contributed by atoms with Crippen LogP contribution in [0.5, 0.6) is 5.75 Å². The van der Waals surface area contributed by atoms with Crippen molar-refractivity contribution in [1.82, 2.24) is 5.32 Å². The molecule has 0 bridgehead atoms. The summed E-state index contributed by atoms with van der Waals surface area (Å²) >= 11 is 6.46. The third-order valence-corrected chi connectivity index (χ3v) is 11.1. The van der Waals surface area contributed by atoms with Crippen LogP contribution in [-0.2, 0) is 16.2 Å². The van der Waals surface area contributed by atoms with Crippen LogP contribution < -0.4 is 19.9 Å². The van der Waals surface area contributed by atoms with Crippen molar-refractivity contribution in [1.29, 1.82) is 0 Å². The summed E-state index contributed by atoms with van der Waals surface area (Å²) in [4.78, 5) is 45.3. The van der Waals surface area contributed by atoms with E-state index in [4.69, 9.17) is 16.3 Å². The van der Waals surface area contributed by atoms with Crippen LogP contribution in [0.25, 0.3) is 16.8 Å². The maximum absolute atomic E-state index is 14.5. The van der Waals surface area contributed by atoms with Gasteiger partial charge in [-0.2, -0.15) is 0 Å². The molecule has 3 aliphatic heterocycles. The van der Waals surface area contributed by atoms with E-state index in [1.807, 2.05) is 78.9 Å². The number of hydrogen-bond acceptors (Lipinski definition) is 5. The SMILES string of the molecule is O=C1NC(=O)N(c2cc3c4c(c2)[C@H](c2ccccc2)CCN4CC[C@@H]3c2ccccc2)C(=O)/C1=C/c1cc(Cl)ccc1OCc1cccc2ccccc12. The predicted molar refractivity (Wildman–Crippen MR) is 213 cm³/mol. The summed E-state index contributed by atoms with van der Waals surface area (Å²) in [6, 6.07) is 43.1. The van der Waals surface area contributed by atoms with Gasteiger partial charge in [0.05, 0.1) is 5.69 Å². The summed E-state index contributed by atoms with van der Waals surface area (Å²) in [6.07, 6.45) is 3.26. The zero-order chi connectivity index (χ0) is 36.8. The minimum Gasteiger partial charge on any atom is -0.488 e. The second-order valence-corrected chi connectivity index (χ2v) is 14.5. The zero-order valence-corrected chi connectivity index (χ0v) is 30.1. The number of carbonyl (C=O) groups excluding carboxylic acids is 3. The average Bonchev–Trinajstić information content (AvgIpc) is 3.20. The Morgan fingerprint density at radius 2 is 1.35 bits per heavy atom. The number of halogens is 1. The normalized spacial score (nSPS) is 18.8. The molecule has 6 aromatic rings. The standard InChI is InChI=1S/C46H36ClN3O4/c47-34-18-19-42(54-28-32-16-9-15-29-14-7-8-17-36(29)32)33(24-34)25-41-44(51)48-46(53)50(45(41)52)35-26-39-37(30-10-3-1-4-11-30)20-22-49-23-21-38(40(27-35)43(39)49)31-12-5-2-6-13-31/h1-19,24-27,37-38H,20-23,28H2,(H,48,51,53)/b41-25+/t37-,38+. The number of carbonyl (C=O) groups is 3. The first-order chi connectivity index (χ1) is 26.4. The van der Waals surface area contributed by atoms with Crippen molar-refractivity contribution in [3.63, 3.8) is 0 Å². The van der Waals surface area contributed by atoms with Crippen LogP contribution in [0.4, 0.5) is 16.2 Å². The van der Waals surface area contributed by atoms with E-state index in [2.05, 4.69) is 46.6 Å². The summed E-state index contributed by atoms with van der Waals surface area (Å²) in [5.41, 5.74) is 7.34. The largest absolute Gasteiger partial charge is 0.488 e. The lowest BCUT2D eigenvalue weighted by Crippen LogP contribution is -2.54. The summed E-state index contributed by atoms with van der Waals surface area (Å²) in [7, 11) is 0. The van der Waals surface area contributed by atoms with Gasteiger partial charge in [0.2, 0.25) is 0 Å². The Kier molecular flexibility index (Phi) is 8.72. The van der Waals surface area contributed by atoms with Gasteiger partial charge >= 0.3 is 6.03 Å². The number of fused-ring (bicyclic) bond motifs is 1. The summed E-state index contributed by atoms with van der Waals surface area (Å²) in [5, 5.41) is 5.02. The van der Waals surface area contributed by atoms with Gasteiger partial charge in [0.1, 0.15) is 17.9 Å². The lowest BCUT2D eigenvalue weighted by atomic mass is 9.76. The average molecular weight is 730 g/mol. The van der Waals surface area contributed by atoms with Crippen molar-refractivity contribution in [3.05, 3.63) is 177 Å². The molecule has 9 rings (SSSR count). The van der Waals surface area contributed by atoms with E-state index in [-0.39, 0.29) is 24.0 Å². The molecule has 0 radical (unpaired) electrons. The number of anilines is 2. The van der Waals surface area contributed by atoms with Crippen molar-refractivity contribution in [2.24, 2.45) is 0 Å². The van der Waals surface area contributed by atoms with Gasteiger partial charge in [0, 0.05) is 41.2 Å². The van der Waals surface area contributed by atoms with Crippen LogP contribution in [-0.4, -0.2) is 30.9 Å². The highest BCUT2D eigenvalue weighted by atomic mass is 35.5. The van der Waals surface area contributed by atoms with Gasteiger partial charge in [-0.3, -0.25) is 14.9 Å². The molecule has 1 fully saturated rings. The fourth-order valence-electron chi connectivity index (χ4n) is 8.35. The van der Waals surface area contributed by atoms with E-state index in [9.17, 15) is 14.4 Å². The molecular formula is C46H36ClN3O4. The number of imide groups is 2. The van der Waals surface area contributed by atoms with E-state index in [1.165, 1.54) is 22.9 Å². The van der Waals surface area contributed by atoms with Crippen LogP contribution >= 0.6 is 11.6 Å². The number of urea groups is 1. The minimum atomic E-state index is -0.788. The molecule has 0 unspecified atom stereocenters. The van der Waals surface area contributed by atoms with Crippen LogP contribution in [0.2, 0.25) is 5.02 Å². The first-order valence-electron chi connectivity index (χ1n) is 18.3. The molecular weight excluding hydrogens is 694 g/mol. The number of barbiturate groups is 1. The molecule has 54 heavy (non-hydrogen) atoms. The number of hydrogen-bond donors (Lipinski definition) is 1. The third kappa shape index (κ3) is 6.10. The van der Waals surface area contributed by atoms with Crippen molar-refractivity contribution in [2.75, 3.05) is 22.9 Å². The predicted octanol–water partition coefficient (Wildman–Crippen LogP) is 9.62. The van der Waals surface area contributed by atoms with Crippen molar-refractivity contribution < 1.29 is 19.1 Å². The Hall–Kier alpha value is -6.18. The molecule has 1 saturated heterocycles. The van der Waals surface area contributed by atoms with Gasteiger partial charge in [-0.05, 0) is 87.8 Å². The fraction of sp³-hybridized carbons (Fsp3) is 0.152. The Labute approximate surface area is 318 Å². The number of nitrogens with zero attached hydrogens (tertiary/aromatic N) is 2. The Morgan fingerprint density at radius 1 is 0.722 bits per heavy atom. The highest BCUT2D eigenvalue weighted by Gasteiger charge is 2.40. The van der Waals surface area contributed by atoms with Crippen molar-refractivity contribution in [2.45, 2.75) is 31.3 Å². The molecule has 266 valence electrons. The Morgan fingerprint density at radius 3 is 2.04 bits per heavy atom. The monoisotopic (exact) mass is 729 g/mol.